The Morgan fingerprint density at radius 3 is 2.44 bits per heavy atom. The van der Waals surface area contributed by atoms with E-state index in [1.807, 2.05) is 37.3 Å². The second kappa shape index (κ2) is 11.9. The Hall–Kier alpha value is -3.04. The number of nitrogens with zero attached hydrogens (tertiary/aromatic N) is 1. The average Bonchev–Trinajstić information content (AvgIpc) is 3.04. The van der Waals surface area contributed by atoms with E-state index in [4.69, 9.17) is 0 Å². The first-order valence-electron chi connectivity index (χ1n) is 11.2. The molecule has 3 amide bonds. The summed E-state index contributed by atoms with van der Waals surface area (Å²) in [6.45, 7) is 2.82. The molecule has 8 nitrogen and oxygen atoms in total. The second-order valence-corrected chi connectivity index (χ2v) is 9.36. The molecule has 2 aromatic rings. The van der Waals surface area contributed by atoms with Gasteiger partial charge in [0.15, 0.2) is 0 Å². The standard InChI is InChI=1S/C25H28BrN3O5/c1-16(13-22(30)28-15-17-5-3-2-4-6-17)9-11-27-21(25(33)34)10-12-29-23(31)19-8-7-18(26)14-20(19)24(29)32/h2-8,14,16,21,27H,9-13,15H2,1H3,(H,28,30)(H,33,34)/t16-,21+/m0/s1. The minimum Gasteiger partial charge on any atom is -0.480 e. The van der Waals surface area contributed by atoms with Gasteiger partial charge in [0, 0.05) is 24.0 Å². The van der Waals surface area contributed by atoms with Crippen molar-refractivity contribution in [2.75, 3.05) is 13.1 Å². The number of aliphatic carboxylic acids is 1. The fourth-order valence-corrected chi connectivity index (χ4v) is 4.19. The molecule has 0 unspecified atom stereocenters. The third kappa shape index (κ3) is 6.74. The van der Waals surface area contributed by atoms with Crippen LogP contribution in [0.5, 0.6) is 0 Å². The Bertz CT molecular complexity index is 1060. The number of carboxylic acid groups (broad SMARTS) is 1. The van der Waals surface area contributed by atoms with E-state index in [9.17, 15) is 24.3 Å². The Morgan fingerprint density at radius 1 is 1.03 bits per heavy atom. The number of hydrogen-bond donors (Lipinski definition) is 3. The van der Waals surface area contributed by atoms with Crippen molar-refractivity contribution in [1.29, 1.82) is 0 Å². The summed E-state index contributed by atoms with van der Waals surface area (Å²) in [6, 6.07) is 13.6. The molecule has 0 saturated heterocycles. The maximum Gasteiger partial charge on any atom is 0.320 e. The largest absolute Gasteiger partial charge is 0.480 e. The Morgan fingerprint density at radius 2 is 1.74 bits per heavy atom. The number of carbonyl (C=O) groups excluding carboxylic acids is 3. The number of halogens is 1. The SMILES string of the molecule is C[C@@H](CCN[C@H](CCN1C(=O)c2ccc(Br)cc2C1=O)C(=O)O)CC(=O)NCc1ccccc1. The lowest BCUT2D eigenvalue weighted by atomic mass is 10.0. The van der Waals surface area contributed by atoms with Crippen molar-refractivity contribution in [2.45, 2.75) is 38.8 Å². The summed E-state index contributed by atoms with van der Waals surface area (Å²) in [6.07, 6.45) is 1.05. The quantitative estimate of drug-likeness (QED) is 0.363. The van der Waals surface area contributed by atoms with E-state index in [0.717, 1.165) is 10.5 Å². The van der Waals surface area contributed by atoms with Gasteiger partial charge < -0.3 is 15.7 Å². The van der Waals surface area contributed by atoms with Crippen LogP contribution in [-0.4, -0.2) is 52.8 Å². The zero-order valence-electron chi connectivity index (χ0n) is 18.9. The van der Waals surface area contributed by atoms with Gasteiger partial charge in [-0.1, -0.05) is 53.2 Å². The summed E-state index contributed by atoms with van der Waals surface area (Å²) < 4.78 is 0.696. The van der Waals surface area contributed by atoms with Gasteiger partial charge in [-0.25, -0.2) is 0 Å². The summed E-state index contributed by atoms with van der Waals surface area (Å²) in [5, 5.41) is 15.4. The predicted octanol–water partition coefficient (Wildman–Crippen LogP) is 3.21. The molecule has 3 rings (SSSR count). The van der Waals surface area contributed by atoms with E-state index < -0.39 is 23.8 Å². The van der Waals surface area contributed by atoms with Crippen LogP contribution in [0.15, 0.2) is 53.0 Å². The molecule has 0 aliphatic carbocycles. The lowest BCUT2D eigenvalue weighted by Gasteiger charge is -2.19. The van der Waals surface area contributed by atoms with Crippen molar-refractivity contribution in [1.82, 2.24) is 15.5 Å². The van der Waals surface area contributed by atoms with Crippen LogP contribution in [-0.2, 0) is 16.1 Å². The summed E-state index contributed by atoms with van der Waals surface area (Å²) in [4.78, 5) is 50.0. The number of carboxylic acids is 1. The van der Waals surface area contributed by atoms with Gasteiger partial charge >= 0.3 is 5.97 Å². The van der Waals surface area contributed by atoms with E-state index in [1.165, 1.54) is 0 Å². The molecule has 180 valence electrons. The van der Waals surface area contributed by atoms with Crippen LogP contribution >= 0.6 is 15.9 Å². The molecule has 3 N–H and O–H groups in total. The maximum atomic E-state index is 12.6. The van der Waals surface area contributed by atoms with Crippen molar-refractivity contribution in [2.24, 2.45) is 5.92 Å². The van der Waals surface area contributed by atoms with Crippen molar-refractivity contribution in [3.05, 3.63) is 69.7 Å². The van der Waals surface area contributed by atoms with Gasteiger partial charge in [-0.15, -0.1) is 0 Å². The average molecular weight is 530 g/mol. The number of benzene rings is 2. The van der Waals surface area contributed by atoms with E-state index in [-0.39, 0.29) is 24.8 Å². The summed E-state index contributed by atoms with van der Waals surface area (Å²) in [5.74, 6) is -1.87. The number of amides is 3. The molecule has 2 atom stereocenters. The summed E-state index contributed by atoms with van der Waals surface area (Å²) in [7, 11) is 0. The molecule has 34 heavy (non-hydrogen) atoms. The van der Waals surface area contributed by atoms with Crippen molar-refractivity contribution >= 4 is 39.6 Å². The van der Waals surface area contributed by atoms with Gasteiger partial charge in [0.05, 0.1) is 11.1 Å². The monoisotopic (exact) mass is 529 g/mol. The lowest BCUT2D eigenvalue weighted by Crippen LogP contribution is -2.42. The van der Waals surface area contributed by atoms with E-state index in [0.29, 0.717) is 41.5 Å². The molecule has 9 heteroatoms. The first-order valence-corrected chi connectivity index (χ1v) is 12.0. The van der Waals surface area contributed by atoms with E-state index >= 15 is 0 Å². The van der Waals surface area contributed by atoms with Gasteiger partial charge in [0.2, 0.25) is 5.91 Å². The van der Waals surface area contributed by atoms with Gasteiger partial charge in [-0.2, -0.15) is 0 Å². The normalized spacial score (nSPS) is 14.6. The highest BCUT2D eigenvalue weighted by atomic mass is 79.9. The molecule has 1 aliphatic heterocycles. The zero-order chi connectivity index (χ0) is 24.7. The first kappa shape index (κ1) is 25.6. The number of imide groups is 1. The van der Waals surface area contributed by atoms with E-state index in [1.54, 1.807) is 18.2 Å². The topological polar surface area (TPSA) is 116 Å². The molecule has 0 saturated carbocycles. The molecule has 2 aromatic carbocycles. The fourth-order valence-electron chi connectivity index (χ4n) is 3.83. The summed E-state index contributed by atoms with van der Waals surface area (Å²) >= 11 is 3.29. The minimum atomic E-state index is -1.05. The Labute approximate surface area is 206 Å². The molecule has 0 aromatic heterocycles. The molecule has 0 radical (unpaired) electrons. The van der Waals surface area contributed by atoms with Crippen molar-refractivity contribution in [3.63, 3.8) is 0 Å². The van der Waals surface area contributed by atoms with Crippen molar-refractivity contribution < 1.29 is 24.3 Å². The number of fused-ring (bicyclic) bond motifs is 1. The molecule has 1 aliphatic rings. The second-order valence-electron chi connectivity index (χ2n) is 8.45. The predicted molar refractivity (Wildman–Crippen MR) is 130 cm³/mol. The highest BCUT2D eigenvalue weighted by Crippen LogP contribution is 2.26. The molecule has 0 spiro atoms. The van der Waals surface area contributed by atoms with Gasteiger partial charge in [0.1, 0.15) is 6.04 Å². The third-order valence-corrected chi connectivity index (χ3v) is 6.26. The first-order chi connectivity index (χ1) is 16.3. The number of nitrogens with one attached hydrogen (secondary N) is 2. The van der Waals surface area contributed by atoms with Gasteiger partial charge in [-0.05, 0) is 49.1 Å². The van der Waals surface area contributed by atoms with Crippen LogP contribution in [0.2, 0.25) is 0 Å². The Balaban J connectivity index is 1.41. The van der Waals surface area contributed by atoms with Crippen LogP contribution in [0.3, 0.4) is 0 Å². The minimum absolute atomic E-state index is 0.00534. The van der Waals surface area contributed by atoms with Crippen LogP contribution in [0.1, 0.15) is 52.5 Å². The fraction of sp³-hybridized carbons (Fsp3) is 0.360. The lowest BCUT2D eigenvalue weighted by molar-refractivity contribution is -0.139. The smallest absolute Gasteiger partial charge is 0.320 e. The molecule has 1 heterocycles. The number of hydrogen-bond acceptors (Lipinski definition) is 5. The number of rotatable bonds is 12. The highest BCUT2D eigenvalue weighted by Gasteiger charge is 2.36. The van der Waals surface area contributed by atoms with Crippen LogP contribution in [0, 0.1) is 5.92 Å². The highest BCUT2D eigenvalue weighted by molar-refractivity contribution is 9.10. The maximum absolute atomic E-state index is 12.6. The molecule has 0 fully saturated rings. The molecule has 0 bridgehead atoms. The molecular weight excluding hydrogens is 502 g/mol. The van der Waals surface area contributed by atoms with Gasteiger partial charge in [-0.3, -0.25) is 24.1 Å². The van der Waals surface area contributed by atoms with Crippen molar-refractivity contribution in [3.8, 4) is 0 Å². The molecular formula is C25H28BrN3O5. The van der Waals surface area contributed by atoms with E-state index in [2.05, 4.69) is 26.6 Å². The Kier molecular flexibility index (Phi) is 8.95. The van der Waals surface area contributed by atoms with Crippen LogP contribution < -0.4 is 10.6 Å². The van der Waals surface area contributed by atoms with Crippen LogP contribution in [0.4, 0.5) is 0 Å². The third-order valence-electron chi connectivity index (χ3n) is 5.77. The summed E-state index contributed by atoms with van der Waals surface area (Å²) in [5.41, 5.74) is 1.67. The van der Waals surface area contributed by atoms with Gasteiger partial charge in [0.25, 0.3) is 11.8 Å². The number of carbonyl (C=O) groups is 4. The van der Waals surface area contributed by atoms with Crippen LogP contribution in [0.25, 0.3) is 0 Å². The zero-order valence-corrected chi connectivity index (χ0v) is 20.5.